The maximum absolute atomic E-state index is 14.8. The number of rotatable bonds is 4. The van der Waals surface area contributed by atoms with Crippen LogP contribution < -0.4 is 10.7 Å². The number of fused-ring (bicyclic) bond motifs is 1. The van der Waals surface area contributed by atoms with Crippen molar-refractivity contribution in [3.05, 3.63) is 50.7 Å². The van der Waals surface area contributed by atoms with Crippen LogP contribution in [0.5, 0.6) is 0 Å². The standard InChI is InChI=1S/C23H26ClFN4O3/c1-11(2)29-13(4)12(3)22(31)15-6-5-14(19(24)21(15)29)20-16(25)9-26-23(28-20)27-17-7-8-32-10-18(17)30/h5-6,9,11,17-18,30H,7-8,10H2,1-4H3,(H,26,27,28)/t17-,18-/m1/s1. The lowest BCUT2D eigenvalue weighted by Gasteiger charge is -2.28. The predicted molar refractivity (Wildman–Crippen MR) is 123 cm³/mol. The number of halogens is 2. The highest BCUT2D eigenvalue weighted by molar-refractivity contribution is 6.37. The Kier molecular flexibility index (Phi) is 6.20. The van der Waals surface area contributed by atoms with Gasteiger partial charge in [0.1, 0.15) is 5.69 Å². The molecule has 2 atom stereocenters. The second kappa shape index (κ2) is 8.77. The summed E-state index contributed by atoms with van der Waals surface area (Å²) < 4.78 is 22.1. The molecule has 170 valence electrons. The third-order valence-electron chi connectivity index (χ3n) is 6.00. The van der Waals surface area contributed by atoms with E-state index in [0.717, 1.165) is 11.9 Å². The van der Waals surface area contributed by atoms with Gasteiger partial charge in [0, 0.05) is 34.9 Å². The first-order valence-electron chi connectivity index (χ1n) is 10.6. The average molecular weight is 461 g/mol. The number of hydrogen-bond donors (Lipinski definition) is 2. The molecule has 0 aliphatic carbocycles. The molecule has 1 aromatic carbocycles. The maximum atomic E-state index is 14.8. The minimum atomic E-state index is -0.711. The fourth-order valence-electron chi connectivity index (χ4n) is 4.21. The molecule has 0 radical (unpaired) electrons. The first kappa shape index (κ1) is 22.6. The van der Waals surface area contributed by atoms with Crippen molar-refractivity contribution in [3.8, 4) is 11.3 Å². The molecular weight excluding hydrogens is 435 g/mol. The summed E-state index contributed by atoms with van der Waals surface area (Å²) in [6.45, 7) is 8.41. The summed E-state index contributed by atoms with van der Waals surface area (Å²) in [6.07, 6.45) is 0.942. The van der Waals surface area contributed by atoms with Crippen LogP contribution in [0.15, 0.2) is 23.1 Å². The van der Waals surface area contributed by atoms with Gasteiger partial charge in [-0.25, -0.2) is 14.4 Å². The second-order valence-electron chi connectivity index (χ2n) is 8.40. The highest BCUT2D eigenvalue weighted by Crippen LogP contribution is 2.36. The van der Waals surface area contributed by atoms with Crippen LogP contribution in [0.4, 0.5) is 10.3 Å². The summed E-state index contributed by atoms with van der Waals surface area (Å²) in [5.74, 6) is -0.448. The summed E-state index contributed by atoms with van der Waals surface area (Å²) in [7, 11) is 0. The molecule has 4 rings (SSSR count). The van der Waals surface area contributed by atoms with Crippen molar-refractivity contribution in [2.24, 2.45) is 0 Å². The van der Waals surface area contributed by atoms with Gasteiger partial charge in [0.05, 0.1) is 35.5 Å². The molecule has 1 saturated heterocycles. The van der Waals surface area contributed by atoms with E-state index >= 15 is 0 Å². The van der Waals surface area contributed by atoms with Gasteiger partial charge >= 0.3 is 0 Å². The normalized spacial score (nSPS) is 19.0. The van der Waals surface area contributed by atoms with Gasteiger partial charge in [0.25, 0.3) is 0 Å². The van der Waals surface area contributed by atoms with Crippen molar-refractivity contribution in [1.29, 1.82) is 0 Å². The molecule has 3 heterocycles. The first-order valence-corrected chi connectivity index (χ1v) is 11.0. The first-order chi connectivity index (χ1) is 15.2. The summed E-state index contributed by atoms with van der Waals surface area (Å²) in [6, 6.07) is 3.02. The van der Waals surface area contributed by atoms with E-state index in [2.05, 4.69) is 15.3 Å². The van der Waals surface area contributed by atoms with Crippen LogP contribution in [0.2, 0.25) is 5.02 Å². The quantitative estimate of drug-likeness (QED) is 0.611. The van der Waals surface area contributed by atoms with Crippen molar-refractivity contribution >= 4 is 28.5 Å². The zero-order valence-electron chi connectivity index (χ0n) is 18.4. The molecule has 0 bridgehead atoms. The van der Waals surface area contributed by atoms with Crippen LogP contribution in [-0.2, 0) is 4.74 Å². The fourth-order valence-corrected chi connectivity index (χ4v) is 4.55. The number of aliphatic hydroxyl groups excluding tert-OH is 1. The molecule has 7 nitrogen and oxygen atoms in total. The number of benzene rings is 1. The minimum absolute atomic E-state index is 0.0249. The molecule has 1 aliphatic rings. The molecule has 3 aromatic rings. The SMILES string of the molecule is Cc1c(C)n(C(C)C)c2c(Cl)c(-c3nc(N[C@@H]4CCOC[C@H]4O)ncc3F)ccc2c1=O. The van der Waals surface area contributed by atoms with E-state index in [-0.39, 0.29) is 40.8 Å². The Hall–Kier alpha value is -2.55. The predicted octanol–water partition coefficient (Wildman–Crippen LogP) is 4.01. The maximum Gasteiger partial charge on any atom is 0.223 e. The molecule has 32 heavy (non-hydrogen) atoms. The number of anilines is 1. The van der Waals surface area contributed by atoms with Crippen molar-refractivity contribution < 1.29 is 14.2 Å². The number of nitrogens with one attached hydrogen (secondary N) is 1. The Morgan fingerprint density at radius 1 is 1.34 bits per heavy atom. The Bertz CT molecular complexity index is 1240. The lowest BCUT2D eigenvalue weighted by atomic mass is 10.0. The molecule has 1 fully saturated rings. The van der Waals surface area contributed by atoms with Crippen LogP contribution >= 0.6 is 11.6 Å². The summed E-state index contributed by atoms with van der Waals surface area (Å²) in [4.78, 5) is 21.3. The van der Waals surface area contributed by atoms with Gasteiger partial charge in [-0.1, -0.05) is 17.7 Å². The molecule has 1 aliphatic heterocycles. The van der Waals surface area contributed by atoms with Crippen LogP contribution in [0, 0.1) is 19.7 Å². The third-order valence-corrected chi connectivity index (χ3v) is 6.39. The molecule has 9 heteroatoms. The van der Waals surface area contributed by atoms with Crippen LogP contribution in [-0.4, -0.2) is 45.0 Å². The lowest BCUT2D eigenvalue weighted by molar-refractivity contribution is -0.0136. The molecule has 0 amide bonds. The largest absolute Gasteiger partial charge is 0.389 e. The molecule has 2 aromatic heterocycles. The lowest BCUT2D eigenvalue weighted by Crippen LogP contribution is -2.42. The number of pyridine rings is 1. The molecule has 2 N–H and O–H groups in total. The van der Waals surface area contributed by atoms with E-state index in [4.69, 9.17) is 16.3 Å². The molecular formula is C23H26ClFN4O3. The number of ether oxygens (including phenoxy) is 1. The minimum Gasteiger partial charge on any atom is -0.389 e. The molecule has 0 spiro atoms. The van der Waals surface area contributed by atoms with E-state index in [9.17, 15) is 14.3 Å². The Labute approximate surface area is 190 Å². The fraction of sp³-hybridized carbons (Fsp3) is 0.435. The highest BCUT2D eigenvalue weighted by Gasteiger charge is 2.25. The smallest absolute Gasteiger partial charge is 0.223 e. The van der Waals surface area contributed by atoms with Crippen molar-refractivity contribution in [3.63, 3.8) is 0 Å². The van der Waals surface area contributed by atoms with Gasteiger partial charge in [-0.2, -0.15) is 0 Å². The zero-order chi connectivity index (χ0) is 23.2. The number of nitrogens with zero attached hydrogens (tertiary/aromatic N) is 3. The monoisotopic (exact) mass is 460 g/mol. The van der Waals surface area contributed by atoms with Crippen LogP contribution in [0.1, 0.15) is 37.6 Å². The van der Waals surface area contributed by atoms with E-state index in [1.54, 1.807) is 19.1 Å². The topological polar surface area (TPSA) is 89.3 Å². The average Bonchev–Trinajstić information content (AvgIpc) is 2.76. The van der Waals surface area contributed by atoms with Crippen LogP contribution in [0.3, 0.4) is 0 Å². The van der Waals surface area contributed by atoms with Crippen molar-refractivity contribution in [2.45, 2.75) is 52.3 Å². The summed E-state index contributed by atoms with van der Waals surface area (Å²) >= 11 is 6.80. The van der Waals surface area contributed by atoms with Crippen LogP contribution in [0.25, 0.3) is 22.2 Å². The summed E-state index contributed by atoms with van der Waals surface area (Å²) in [5, 5.41) is 13.9. The van der Waals surface area contributed by atoms with Crippen molar-refractivity contribution in [1.82, 2.24) is 14.5 Å². The van der Waals surface area contributed by atoms with E-state index in [0.29, 0.717) is 35.1 Å². The van der Waals surface area contributed by atoms with E-state index in [1.165, 1.54) is 0 Å². The summed E-state index contributed by atoms with van der Waals surface area (Å²) in [5.41, 5.74) is 2.32. The van der Waals surface area contributed by atoms with E-state index in [1.807, 2.05) is 25.3 Å². The van der Waals surface area contributed by atoms with Gasteiger partial charge < -0.3 is 19.7 Å². The van der Waals surface area contributed by atoms with Gasteiger partial charge in [-0.05, 0) is 40.2 Å². The third kappa shape index (κ3) is 3.87. The Morgan fingerprint density at radius 3 is 2.78 bits per heavy atom. The Morgan fingerprint density at radius 2 is 2.09 bits per heavy atom. The Balaban J connectivity index is 1.87. The van der Waals surface area contributed by atoms with Gasteiger partial charge in [-0.15, -0.1) is 0 Å². The van der Waals surface area contributed by atoms with Gasteiger partial charge in [-0.3, -0.25) is 4.79 Å². The number of aromatic nitrogens is 3. The zero-order valence-corrected chi connectivity index (χ0v) is 19.2. The van der Waals surface area contributed by atoms with Crippen molar-refractivity contribution in [2.75, 3.05) is 18.5 Å². The number of hydrogen-bond acceptors (Lipinski definition) is 6. The number of aliphatic hydroxyl groups is 1. The molecule has 0 unspecified atom stereocenters. The van der Waals surface area contributed by atoms with Gasteiger partial charge in [0.2, 0.25) is 5.95 Å². The van der Waals surface area contributed by atoms with Gasteiger partial charge in [0.15, 0.2) is 11.2 Å². The highest BCUT2D eigenvalue weighted by atomic mass is 35.5. The van der Waals surface area contributed by atoms with E-state index < -0.39 is 11.9 Å². The second-order valence-corrected chi connectivity index (χ2v) is 8.78. The molecule has 0 saturated carbocycles.